The first kappa shape index (κ1) is 10.5. The van der Waals surface area contributed by atoms with Gasteiger partial charge in [-0.25, -0.2) is 10.8 Å². The van der Waals surface area contributed by atoms with Crippen molar-refractivity contribution in [3.05, 3.63) is 24.4 Å². The zero-order chi connectivity index (χ0) is 10.4. The maximum absolute atomic E-state index is 5.35. The Morgan fingerprint density at radius 1 is 1.71 bits per heavy atom. The maximum atomic E-state index is 5.35. The topological polar surface area (TPSA) is 73.1 Å². The molecule has 0 aliphatic heterocycles. The van der Waals surface area contributed by atoms with Gasteiger partial charge in [-0.15, -0.1) is 6.58 Å². The number of nitrogens with one attached hydrogen (secondary N) is 1. The molecule has 0 saturated carbocycles. The van der Waals surface area contributed by atoms with E-state index in [1.165, 1.54) is 0 Å². The van der Waals surface area contributed by atoms with Gasteiger partial charge < -0.3 is 4.74 Å². The van der Waals surface area contributed by atoms with Crippen molar-refractivity contribution in [3.8, 4) is 5.88 Å². The van der Waals surface area contributed by atoms with Crippen LogP contribution in [-0.4, -0.2) is 16.6 Å². The van der Waals surface area contributed by atoms with Gasteiger partial charge in [0.15, 0.2) is 0 Å². The number of aromatic nitrogens is 2. The van der Waals surface area contributed by atoms with Crippen LogP contribution in [0.4, 0.5) is 5.95 Å². The van der Waals surface area contributed by atoms with E-state index in [0.717, 1.165) is 12.0 Å². The van der Waals surface area contributed by atoms with Crippen molar-refractivity contribution in [1.29, 1.82) is 0 Å². The molecule has 1 rings (SSSR count). The Kier molecular flexibility index (Phi) is 3.87. The molecule has 0 aliphatic rings. The van der Waals surface area contributed by atoms with Gasteiger partial charge in [0.1, 0.15) is 0 Å². The molecule has 0 aliphatic carbocycles. The zero-order valence-corrected chi connectivity index (χ0v) is 8.16. The normalized spacial score (nSPS) is 9.57. The number of nitrogen functional groups attached to an aromatic ring is 1. The summed E-state index contributed by atoms with van der Waals surface area (Å²) in [5.41, 5.74) is 3.43. The SMILES string of the molecule is C=C(C)CCOc1ccnc(NN)n1. The van der Waals surface area contributed by atoms with E-state index in [0.29, 0.717) is 18.4 Å². The molecule has 0 radical (unpaired) electrons. The van der Waals surface area contributed by atoms with Crippen LogP contribution in [0, 0.1) is 0 Å². The molecule has 0 bridgehead atoms. The minimum atomic E-state index is 0.345. The van der Waals surface area contributed by atoms with Gasteiger partial charge in [0, 0.05) is 18.7 Å². The highest BCUT2D eigenvalue weighted by Gasteiger charge is 1.97. The number of nitrogens with zero attached hydrogens (tertiary/aromatic N) is 2. The zero-order valence-electron chi connectivity index (χ0n) is 8.16. The van der Waals surface area contributed by atoms with Crippen LogP contribution in [0.25, 0.3) is 0 Å². The number of hydrogen-bond donors (Lipinski definition) is 2. The lowest BCUT2D eigenvalue weighted by atomic mass is 10.3. The fraction of sp³-hybridized carbons (Fsp3) is 0.333. The first-order chi connectivity index (χ1) is 6.72. The molecule has 0 amide bonds. The third-order valence-corrected chi connectivity index (χ3v) is 1.54. The lowest BCUT2D eigenvalue weighted by molar-refractivity contribution is 0.309. The third-order valence-electron chi connectivity index (χ3n) is 1.54. The van der Waals surface area contributed by atoms with Gasteiger partial charge in [-0.05, 0) is 6.92 Å². The third kappa shape index (κ3) is 3.40. The Labute approximate surface area is 83.0 Å². The van der Waals surface area contributed by atoms with E-state index in [9.17, 15) is 0 Å². The number of ether oxygens (including phenoxy) is 1. The van der Waals surface area contributed by atoms with E-state index in [2.05, 4.69) is 22.0 Å². The number of hydrazine groups is 1. The van der Waals surface area contributed by atoms with Crippen LogP contribution in [0.1, 0.15) is 13.3 Å². The van der Waals surface area contributed by atoms with E-state index in [4.69, 9.17) is 10.6 Å². The predicted molar refractivity (Wildman–Crippen MR) is 54.8 cm³/mol. The van der Waals surface area contributed by atoms with Crippen molar-refractivity contribution in [1.82, 2.24) is 9.97 Å². The standard InChI is InChI=1S/C9H14N4O/c1-7(2)4-6-14-8-3-5-11-9(12-8)13-10/h3,5H,1,4,6,10H2,2H3,(H,11,12,13). The second-order valence-electron chi connectivity index (χ2n) is 2.92. The summed E-state index contributed by atoms with van der Waals surface area (Å²) < 4.78 is 5.35. The van der Waals surface area contributed by atoms with E-state index in [-0.39, 0.29) is 0 Å². The van der Waals surface area contributed by atoms with E-state index in [1.54, 1.807) is 12.3 Å². The van der Waals surface area contributed by atoms with Crippen LogP contribution in [0.2, 0.25) is 0 Å². The molecule has 0 unspecified atom stereocenters. The molecule has 5 nitrogen and oxygen atoms in total. The Bertz CT molecular complexity index is 313. The Balaban J connectivity index is 2.46. The minimum absolute atomic E-state index is 0.345. The highest BCUT2D eigenvalue weighted by Crippen LogP contribution is 2.08. The quantitative estimate of drug-likeness (QED) is 0.417. The molecule has 14 heavy (non-hydrogen) atoms. The summed E-state index contributed by atoms with van der Waals surface area (Å²) in [6.07, 6.45) is 2.40. The highest BCUT2D eigenvalue weighted by atomic mass is 16.5. The molecular weight excluding hydrogens is 180 g/mol. The summed E-state index contributed by atoms with van der Waals surface area (Å²) in [7, 11) is 0. The van der Waals surface area contributed by atoms with Crippen LogP contribution >= 0.6 is 0 Å². The maximum Gasteiger partial charge on any atom is 0.240 e. The summed E-state index contributed by atoms with van der Waals surface area (Å²) in [4.78, 5) is 7.85. The van der Waals surface area contributed by atoms with Gasteiger partial charge in [0.2, 0.25) is 11.8 Å². The summed E-state index contributed by atoms with van der Waals surface area (Å²) in [5.74, 6) is 6.00. The van der Waals surface area contributed by atoms with Crippen molar-refractivity contribution in [3.63, 3.8) is 0 Å². The minimum Gasteiger partial charge on any atom is -0.477 e. The van der Waals surface area contributed by atoms with Gasteiger partial charge >= 0.3 is 0 Å². The number of anilines is 1. The summed E-state index contributed by atoms with van der Waals surface area (Å²) in [5, 5.41) is 0. The smallest absolute Gasteiger partial charge is 0.240 e. The lowest BCUT2D eigenvalue weighted by Gasteiger charge is -2.05. The van der Waals surface area contributed by atoms with Crippen LogP contribution in [0.5, 0.6) is 5.88 Å². The number of hydrogen-bond acceptors (Lipinski definition) is 5. The first-order valence-corrected chi connectivity index (χ1v) is 4.29. The van der Waals surface area contributed by atoms with Crippen molar-refractivity contribution < 1.29 is 4.74 Å². The van der Waals surface area contributed by atoms with Gasteiger partial charge in [-0.2, -0.15) is 4.98 Å². The van der Waals surface area contributed by atoms with Crippen molar-refractivity contribution >= 4 is 5.95 Å². The Morgan fingerprint density at radius 2 is 2.50 bits per heavy atom. The van der Waals surface area contributed by atoms with E-state index < -0.39 is 0 Å². The number of nitrogens with two attached hydrogens (primary N) is 1. The molecule has 1 aromatic heterocycles. The van der Waals surface area contributed by atoms with Crippen molar-refractivity contribution in [2.24, 2.45) is 5.84 Å². The molecule has 0 fully saturated rings. The van der Waals surface area contributed by atoms with Crippen LogP contribution in [0.3, 0.4) is 0 Å². The van der Waals surface area contributed by atoms with Crippen molar-refractivity contribution in [2.45, 2.75) is 13.3 Å². The molecular formula is C9H14N4O. The van der Waals surface area contributed by atoms with Crippen LogP contribution < -0.4 is 16.0 Å². The fourth-order valence-corrected chi connectivity index (χ4v) is 0.822. The second-order valence-corrected chi connectivity index (χ2v) is 2.92. The summed E-state index contributed by atoms with van der Waals surface area (Å²) >= 11 is 0. The fourth-order valence-electron chi connectivity index (χ4n) is 0.822. The average Bonchev–Trinajstić information content (AvgIpc) is 2.18. The van der Waals surface area contributed by atoms with Gasteiger partial charge in [0.25, 0.3) is 0 Å². The molecule has 1 heterocycles. The Hall–Kier alpha value is -1.62. The van der Waals surface area contributed by atoms with Crippen LogP contribution in [-0.2, 0) is 0 Å². The highest BCUT2D eigenvalue weighted by molar-refractivity contribution is 5.25. The van der Waals surface area contributed by atoms with Gasteiger partial charge in [0.05, 0.1) is 6.61 Å². The largest absolute Gasteiger partial charge is 0.477 e. The average molecular weight is 194 g/mol. The van der Waals surface area contributed by atoms with Crippen molar-refractivity contribution in [2.75, 3.05) is 12.0 Å². The van der Waals surface area contributed by atoms with Gasteiger partial charge in [-0.1, -0.05) is 5.57 Å². The molecule has 0 spiro atoms. The molecule has 76 valence electrons. The van der Waals surface area contributed by atoms with E-state index in [1.807, 2.05) is 6.92 Å². The molecule has 0 atom stereocenters. The first-order valence-electron chi connectivity index (χ1n) is 4.29. The molecule has 3 N–H and O–H groups in total. The van der Waals surface area contributed by atoms with E-state index >= 15 is 0 Å². The number of rotatable bonds is 5. The Morgan fingerprint density at radius 3 is 3.14 bits per heavy atom. The second kappa shape index (κ2) is 5.18. The van der Waals surface area contributed by atoms with Crippen LogP contribution in [0.15, 0.2) is 24.4 Å². The molecule has 0 saturated heterocycles. The summed E-state index contributed by atoms with van der Waals surface area (Å²) in [6, 6.07) is 1.68. The summed E-state index contributed by atoms with van der Waals surface area (Å²) in [6.45, 7) is 6.30. The predicted octanol–water partition coefficient (Wildman–Crippen LogP) is 1.11. The molecule has 1 aromatic rings. The molecule has 0 aromatic carbocycles. The molecule has 5 heteroatoms. The lowest BCUT2D eigenvalue weighted by Crippen LogP contribution is -2.11. The monoisotopic (exact) mass is 194 g/mol. The van der Waals surface area contributed by atoms with Gasteiger partial charge in [-0.3, -0.25) is 5.43 Å².